The SMILES string of the molecule is NCCc1cccc(F)c1OCc1c(Cl)cccc1Cl. The summed E-state index contributed by atoms with van der Waals surface area (Å²) in [6, 6.07) is 9.96. The van der Waals surface area contributed by atoms with Gasteiger partial charge in [-0.15, -0.1) is 0 Å². The lowest BCUT2D eigenvalue weighted by atomic mass is 10.1. The van der Waals surface area contributed by atoms with E-state index in [0.29, 0.717) is 28.6 Å². The van der Waals surface area contributed by atoms with E-state index in [1.54, 1.807) is 30.3 Å². The third-order valence-corrected chi connectivity index (χ3v) is 3.59. The third-order valence-electron chi connectivity index (χ3n) is 2.88. The van der Waals surface area contributed by atoms with Gasteiger partial charge < -0.3 is 10.5 Å². The highest BCUT2D eigenvalue weighted by molar-refractivity contribution is 6.35. The van der Waals surface area contributed by atoms with Crippen LogP contribution in [0.1, 0.15) is 11.1 Å². The van der Waals surface area contributed by atoms with E-state index < -0.39 is 5.82 Å². The summed E-state index contributed by atoms with van der Waals surface area (Å²) in [7, 11) is 0. The van der Waals surface area contributed by atoms with Gasteiger partial charge in [0, 0.05) is 15.6 Å². The van der Waals surface area contributed by atoms with Crippen LogP contribution in [0.15, 0.2) is 36.4 Å². The number of para-hydroxylation sites is 1. The monoisotopic (exact) mass is 313 g/mol. The van der Waals surface area contributed by atoms with E-state index >= 15 is 0 Å². The molecule has 2 N–H and O–H groups in total. The minimum Gasteiger partial charge on any atom is -0.485 e. The summed E-state index contributed by atoms with van der Waals surface area (Å²) >= 11 is 12.1. The van der Waals surface area contributed by atoms with E-state index in [0.717, 1.165) is 5.56 Å². The molecule has 2 aromatic rings. The lowest BCUT2D eigenvalue weighted by Gasteiger charge is -2.13. The first kappa shape index (κ1) is 15.1. The molecule has 20 heavy (non-hydrogen) atoms. The standard InChI is InChI=1S/C15H14Cl2FNO/c16-12-4-2-5-13(17)11(12)9-20-15-10(7-8-19)3-1-6-14(15)18/h1-6H,7-9,19H2. The highest BCUT2D eigenvalue weighted by atomic mass is 35.5. The van der Waals surface area contributed by atoms with Crippen molar-refractivity contribution in [2.24, 2.45) is 5.73 Å². The molecule has 0 aromatic heterocycles. The second-order valence-corrected chi connectivity index (χ2v) is 5.07. The zero-order valence-electron chi connectivity index (χ0n) is 10.7. The smallest absolute Gasteiger partial charge is 0.165 e. The first-order valence-corrected chi connectivity index (χ1v) is 6.92. The van der Waals surface area contributed by atoms with Crippen molar-refractivity contribution < 1.29 is 9.13 Å². The quantitative estimate of drug-likeness (QED) is 0.897. The number of hydrogen-bond acceptors (Lipinski definition) is 2. The van der Waals surface area contributed by atoms with Crippen molar-refractivity contribution in [3.8, 4) is 5.75 Å². The molecule has 0 aliphatic carbocycles. The molecule has 0 saturated heterocycles. The molecule has 0 atom stereocenters. The molecular weight excluding hydrogens is 300 g/mol. The van der Waals surface area contributed by atoms with Gasteiger partial charge in [-0.05, 0) is 36.7 Å². The van der Waals surface area contributed by atoms with Crippen LogP contribution in [0.2, 0.25) is 10.0 Å². The second kappa shape index (κ2) is 6.93. The molecule has 0 saturated carbocycles. The largest absolute Gasteiger partial charge is 0.485 e. The van der Waals surface area contributed by atoms with Gasteiger partial charge >= 0.3 is 0 Å². The summed E-state index contributed by atoms with van der Waals surface area (Å²) in [6.45, 7) is 0.531. The van der Waals surface area contributed by atoms with Gasteiger partial charge in [-0.25, -0.2) is 4.39 Å². The van der Waals surface area contributed by atoms with E-state index in [9.17, 15) is 4.39 Å². The van der Waals surface area contributed by atoms with Crippen LogP contribution >= 0.6 is 23.2 Å². The summed E-state index contributed by atoms with van der Waals surface area (Å²) < 4.78 is 19.4. The molecule has 0 radical (unpaired) electrons. The number of benzene rings is 2. The van der Waals surface area contributed by atoms with Crippen molar-refractivity contribution in [3.05, 3.63) is 63.4 Å². The average molecular weight is 314 g/mol. The molecule has 2 rings (SSSR count). The Balaban J connectivity index is 2.23. The Hall–Kier alpha value is -1.29. The lowest BCUT2D eigenvalue weighted by Crippen LogP contribution is -2.07. The molecule has 0 aliphatic heterocycles. The summed E-state index contributed by atoms with van der Waals surface area (Å²) in [5.41, 5.74) is 6.88. The van der Waals surface area contributed by atoms with Crippen LogP contribution in [0.4, 0.5) is 4.39 Å². The maximum absolute atomic E-state index is 13.8. The molecule has 2 aromatic carbocycles. The van der Waals surface area contributed by atoms with Gasteiger partial charge in [0.15, 0.2) is 11.6 Å². The lowest BCUT2D eigenvalue weighted by molar-refractivity contribution is 0.287. The Morgan fingerprint density at radius 3 is 2.35 bits per heavy atom. The molecule has 5 heteroatoms. The van der Waals surface area contributed by atoms with Gasteiger partial charge in [-0.3, -0.25) is 0 Å². The van der Waals surface area contributed by atoms with E-state index in [1.165, 1.54) is 6.07 Å². The van der Waals surface area contributed by atoms with E-state index in [2.05, 4.69) is 0 Å². The van der Waals surface area contributed by atoms with Gasteiger partial charge in [0.05, 0.1) is 0 Å². The Labute approximate surface area is 127 Å². The molecule has 2 nitrogen and oxygen atoms in total. The van der Waals surface area contributed by atoms with Gasteiger partial charge in [-0.2, -0.15) is 0 Å². The van der Waals surface area contributed by atoms with Crippen LogP contribution in [-0.4, -0.2) is 6.54 Å². The Morgan fingerprint density at radius 1 is 1.05 bits per heavy atom. The molecule has 0 fully saturated rings. The molecule has 0 amide bonds. The minimum absolute atomic E-state index is 0.108. The summed E-state index contributed by atoms with van der Waals surface area (Å²) in [6.07, 6.45) is 0.545. The minimum atomic E-state index is -0.417. The summed E-state index contributed by atoms with van der Waals surface area (Å²) in [5.74, 6) is -0.215. The molecular formula is C15H14Cl2FNO. The zero-order chi connectivity index (χ0) is 14.5. The number of halogens is 3. The fourth-order valence-corrected chi connectivity index (χ4v) is 2.39. The summed E-state index contributed by atoms with van der Waals surface area (Å²) in [5, 5.41) is 0.989. The van der Waals surface area contributed by atoms with Crippen molar-refractivity contribution in [2.75, 3.05) is 6.54 Å². The zero-order valence-corrected chi connectivity index (χ0v) is 12.2. The topological polar surface area (TPSA) is 35.2 Å². The summed E-state index contributed by atoms with van der Waals surface area (Å²) in [4.78, 5) is 0. The van der Waals surface area contributed by atoms with Crippen molar-refractivity contribution in [1.82, 2.24) is 0 Å². The Bertz CT molecular complexity index is 584. The second-order valence-electron chi connectivity index (χ2n) is 4.26. The van der Waals surface area contributed by atoms with Crippen LogP contribution in [0.25, 0.3) is 0 Å². The molecule has 0 spiro atoms. The van der Waals surface area contributed by atoms with Crippen molar-refractivity contribution in [1.29, 1.82) is 0 Å². The van der Waals surface area contributed by atoms with Gasteiger partial charge in [0.2, 0.25) is 0 Å². The average Bonchev–Trinajstić information content (AvgIpc) is 2.41. The molecule has 0 unspecified atom stereocenters. The Morgan fingerprint density at radius 2 is 1.70 bits per heavy atom. The van der Waals surface area contributed by atoms with Gasteiger partial charge in [0.25, 0.3) is 0 Å². The fraction of sp³-hybridized carbons (Fsp3) is 0.200. The molecule has 0 bridgehead atoms. The molecule has 0 heterocycles. The predicted octanol–water partition coefficient (Wildman–Crippen LogP) is 4.21. The van der Waals surface area contributed by atoms with Crippen molar-refractivity contribution in [2.45, 2.75) is 13.0 Å². The first-order chi connectivity index (χ1) is 9.63. The van der Waals surface area contributed by atoms with Crippen LogP contribution < -0.4 is 10.5 Å². The van der Waals surface area contributed by atoms with Gasteiger partial charge in [-0.1, -0.05) is 41.4 Å². The maximum Gasteiger partial charge on any atom is 0.165 e. The Kier molecular flexibility index (Phi) is 5.24. The number of ether oxygens (including phenoxy) is 1. The maximum atomic E-state index is 13.8. The highest BCUT2D eigenvalue weighted by Crippen LogP contribution is 2.28. The molecule has 106 valence electrons. The van der Waals surface area contributed by atoms with Crippen molar-refractivity contribution in [3.63, 3.8) is 0 Å². The predicted molar refractivity (Wildman–Crippen MR) is 80.0 cm³/mol. The fourth-order valence-electron chi connectivity index (χ4n) is 1.88. The highest BCUT2D eigenvalue weighted by Gasteiger charge is 2.12. The van der Waals surface area contributed by atoms with E-state index in [-0.39, 0.29) is 12.4 Å². The van der Waals surface area contributed by atoms with Crippen molar-refractivity contribution >= 4 is 23.2 Å². The van der Waals surface area contributed by atoms with Gasteiger partial charge in [0.1, 0.15) is 6.61 Å². The van der Waals surface area contributed by atoms with E-state index in [4.69, 9.17) is 33.7 Å². The number of nitrogens with two attached hydrogens (primary N) is 1. The van der Waals surface area contributed by atoms with Crippen LogP contribution in [0, 0.1) is 5.82 Å². The molecule has 0 aliphatic rings. The number of hydrogen-bond donors (Lipinski definition) is 1. The van der Waals surface area contributed by atoms with Crippen LogP contribution in [-0.2, 0) is 13.0 Å². The third kappa shape index (κ3) is 3.42. The van der Waals surface area contributed by atoms with Crippen LogP contribution in [0.5, 0.6) is 5.75 Å². The van der Waals surface area contributed by atoms with Crippen LogP contribution in [0.3, 0.4) is 0 Å². The number of rotatable bonds is 5. The normalized spacial score (nSPS) is 10.6. The first-order valence-electron chi connectivity index (χ1n) is 6.16. The van der Waals surface area contributed by atoms with E-state index in [1.807, 2.05) is 0 Å².